The number of nitrogens with zero attached hydrogens (tertiary/aromatic N) is 2. The van der Waals surface area contributed by atoms with Crippen LogP contribution in [0.3, 0.4) is 0 Å². The van der Waals surface area contributed by atoms with Crippen molar-refractivity contribution in [1.82, 2.24) is 31.1 Å². The number of hydrogen-bond acceptors (Lipinski definition) is 7. The van der Waals surface area contributed by atoms with Gasteiger partial charge in [0.05, 0.1) is 0 Å². The van der Waals surface area contributed by atoms with Crippen LogP contribution in [0.5, 0.6) is 5.75 Å². The van der Waals surface area contributed by atoms with Crippen molar-refractivity contribution in [2.24, 2.45) is 11.7 Å². The molecule has 2 aromatic carbocycles. The maximum absolute atomic E-state index is 14.4. The van der Waals surface area contributed by atoms with Crippen LogP contribution >= 0.6 is 0 Å². The Morgan fingerprint density at radius 3 is 2.18 bits per heavy atom. The maximum atomic E-state index is 14.4. The number of rotatable bonds is 24. The standard InChI is InChI=1S/C46H70N8O6/c1-4-5-6-7-12-21-41(55)50-38(31-34-22-24-36(25-23-34)60-32-35-17-10-8-11-18-35)42(56)52-39(30-33(2)3)45(59)54-29-16-20-40(54)43(57)51-37(19-15-26-49-46(47)48)44(58)53-27-13-9-14-28-53/h8,10-11,17-18,22-25,33,37-40H,4-7,9,12-16,19-21,26-32H2,1-3H3,(H,50,55)(H,51,57)(H,52,56)(H4,47,48,49)/t37-,38+,39+,40+/m1/s1. The van der Waals surface area contributed by atoms with Crippen molar-refractivity contribution < 1.29 is 28.7 Å². The fourth-order valence-electron chi connectivity index (χ4n) is 7.92. The van der Waals surface area contributed by atoms with Crippen LogP contribution in [0.1, 0.15) is 122 Å². The van der Waals surface area contributed by atoms with Crippen molar-refractivity contribution in [3.05, 3.63) is 65.7 Å². The van der Waals surface area contributed by atoms with E-state index in [1.54, 1.807) is 9.80 Å². The van der Waals surface area contributed by atoms with Crippen LogP contribution in [0.4, 0.5) is 0 Å². The number of unbranched alkanes of at least 4 members (excludes halogenated alkanes) is 4. The van der Waals surface area contributed by atoms with E-state index in [1.807, 2.05) is 68.4 Å². The van der Waals surface area contributed by atoms with Crippen molar-refractivity contribution >= 4 is 35.5 Å². The number of ether oxygens (including phenoxy) is 1. The lowest BCUT2D eigenvalue weighted by Crippen LogP contribution is -2.58. The van der Waals surface area contributed by atoms with Gasteiger partial charge in [-0.05, 0) is 87.0 Å². The van der Waals surface area contributed by atoms with Gasteiger partial charge in [0, 0.05) is 39.0 Å². The van der Waals surface area contributed by atoms with Crippen LogP contribution in [0.15, 0.2) is 54.6 Å². The zero-order valence-electron chi connectivity index (χ0n) is 36.1. The molecule has 7 N–H and O–H groups in total. The van der Waals surface area contributed by atoms with Gasteiger partial charge in [0.15, 0.2) is 5.96 Å². The molecule has 2 heterocycles. The highest BCUT2D eigenvalue weighted by molar-refractivity contribution is 5.96. The van der Waals surface area contributed by atoms with Gasteiger partial charge < -0.3 is 41.5 Å². The number of carbonyl (C=O) groups excluding carboxylic acids is 5. The summed E-state index contributed by atoms with van der Waals surface area (Å²) < 4.78 is 5.96. The number of nitrogens with two attached hydrogens (primary N) is 1. The molecule has 0 unspecified atom stereocenters. The highest BCUT2D eigenvalue weighted by Gasteiger charge is 2.40. The third kappa shape index (κ3) is 16.1. The number of carbonyl (C=O) groups is 5. The Morgan fingerprint density at radius 1 is 0.783 bits per heavy atom. The van der Waals surface area contributed by atoms with Gasteiger partial charge in [-0.2, -0.15) is 0 Å². The Bertz CT molecular complexity index is 1670. The number of amides is 5. The molecule has 0 saturated carbocycles. The smallest absolute Gasteiger partial charge is 0.245 e. The molecule has 5 amide bonds. The zero-order chi connectivity index (χ0) is 43.3. The minimum absolute atomic E-state index is 0.0314. The summed E-state index contributed by atoms with van der Waals surface area (Å²) in [6, 6.07) is 13.9. The van der Waals surface area contributed by atoms with Gasteiger partial charge in [-0.15, -0.1) is 0 Å². The zero-order valence-corrected chi connectivity index (χ0v) is 36.1. The van der Waals surface area contributed by atoms with E-state index in [4.69, 9.17) is 15.9 Å². The molecule has 14 heteroatoms. The molecule has 14 nitrogen and oxygen atoms in total. The van der Waals surface area contributed by atoms with Crippen molar-refractivity contribution in [2.45, 2.75) is 148 Å². The van der Waals surface area contributed by atoms with Gasteiger partial charge in [0.1, 0.15) is 36.5 Å². The summed E-state index contributed by atoms with van der Waals surface area (Å²) in [4.78, 5) is 72.9. The highest BCUT2D eigenvalue weighted by atomic mass is 16.5. The van der Waals surface area contributed by atoms with Crippen molar-refractivity contribution in [1.29, 1.82) is 5.41 Å². The summed E-state index contributed by atoms with van der Waals surface area (Å²) in [5.74, 6) is -1.04. The first-order valence-corrected chi connectivity index (χ1v) is 22.3. The van der Waals surface area contributed by atoms with Crippen LogP contribution in [-0.2, 0) is 37.0 Å². The average Bonchev–Trinajstić information content (AvgIpc) is 3.74. The fraction of sp³-hybridized carbons (Fsp3) is 0.609. The summed E-state index contributed by atoms with van der Waals surface area (Å²) in [7, 11) is 0. The van der Waals surface area contributed by atoms with Crippen LogP contribution in [0, 0.1) is 11.3 Å². The Balaban J connectivity index is 1.46. The van der Waals surface area contributed by atoms with E-state index in [2.05, 4.69) is 28.2 Å². The van der Waals surface area contributed by atoms with Crippen LogP contribution < -0.4 is 31.7 Å². The topological polar surface area (TPSA) is 199 Å². The SMILES string of the molecule is CCCCCCCC(=O)N[C@@H](Cc1ccc(OCc2ccccc2)cc1)C(=O)N[C@@H](CC(C)C)C(=O)N1CCC[C@H]1C(=O)N[C@H](CCCNC(=N)N)C(=O)N1CCCCC1. The molecule has 2 aliphatic rings. The fourth-order valence-corrected chi connectivity index (χ4v) is 7.92. The summed E-state index contributed by atoms with van der Waals surface area (Å²) >= 11 is 0. The lowest BCUT2D eigenvalue weighted by Gasteiger charge is -2.33. The molecule has 0 radical (unpaired) electrons. The van der Waals surface area contributed by atoms with Gasteiger partial charge in [-0.1, -0.05) is 88.9 Å². The second-order valence-corrected chi connectivity index (χ2v) is 16.7. The largest absolute Gasteiger partial charge is 0.489 e. The number of likely N-dealkylation sites (tertiary alicyclic amines) is 2. The molecule has 330 valence electrons. The first kappa shape index (κ1) is 47.5. The quantitative estimate of drug-likeness (QED) is 0.0486. The lowest BCUT2D eigenvalue weighted by atomic mass is 10.00. The summed E-state index contributed by atoms with van der Waals surface area (Å²) in [6.45, 7) is 8.49. The molecule has 2 saturated heterocycles. The van der Waals surface area contributed by atoms with Crippen molar-refractivity contribution in [3.63, 3.8) is 0 Å². The number of hydrogen-bond donors (Lipinski definition) is 6. The number of benzene rings is 2. The maximum Gasteiger partial charge on any atom is 0.245 e. The van der Waals surface area contributed by atoms with Gasteiger partial charge in [0.2, 0.25) is 29.5 Å². The molecule has 2 aromatic rings. The molecule has 4 rings (SSSR count). The Labute approximate surface area is 357 Å². The van der Waals surface area contributed by atoms with Gasteiger partial charge in [-0.25, -0.2) is 0 Å². The number of nitrogens with one attached hydrogen (secondary N) is 5. The van der Waals surface area contributed by atoms with E-state index in [-0.39, 0.29) is 36.0 Å². The van der Waals surface area contributed by atoms with E-state index in [1.165, 1.54) is 0 Å². The van der Waals surface area contributed by atoms with Crippen molar-refractivity contribution in [3.8, 4) is 5.75 Å². The summed E-state index contributed by atoms with van der Waals surface area (Å²) in [5, 5.41) is 19.2. The number of piperidine rings is 1. The van der Waals surface area contributed by atoms with Gasteiger partial charge in [-0.3, -0.25) is 29.4 Å². The third-order valence-electron chi connectivity index (χ3n) is 11.2. The highest BCUT2D eigenvalue weighted by Crippen LogP contribution is 2.22. The molecule has 60 heavy (non-hydrogen) atoms. The molecule has 2 aliphatic heterocycles. The second-order valence-electron chi connectivity index (χ2n) is 16.7. The van der Waals surface area contributed by atoms with Crippen LogP contribution in [0.2, 0.25) is 0 Å². The first-order chi connectivity index (χ1) is 28.9. The normalized spacial score (nSPS) is 16.7. The minimum atomic E-state index is -0.941. The van der Waals surface area contributed by atoms with E-state index >= 15 is 0 Å². The Hall–Kier alpha value is -5.14. The minimum Gasteiger partial charge on any atom is -0.489 e. The number of guanidine groups is 1. The lowest BCUT2D eigenvalue weighted by molar-refractivity contribution is -0.143. The monoisotopic (exact) mass is 831 g/mol. The molecular formula is C46H70N8O6. The molecule has 4 atom stereocenters. The van der Waals surface area contributed by atoms with Crippen LogP contribution in [0.25, 0.3) is 0 Å². The van der Waals surface area contributed by atoms with E-state index in [0.717, 1.165) is 62.5 Å². The van der Waals surface area contributed by atoms with Gasteiger partial charge >= 0.3 is 0 Å². The molecule has 0 aromatic heterocycles. The van der Waals surface area contributed by atoms with Crippen molar-refractivity contribution in [2.75, 3.05) is 26.2 Å². The summed E-state index contributed by atoms with van der Waals surface area (Å²) in [5.41, 5.74) is 7.32. The summed E-state index contributed by atoms with van der Waals surface area (Å²) in [6.07, 6.45) is 10.5. The molecular weight excluding hydrogens is 761 g/mol. The third-order valence-corrected chi connectivity index (χ3v) is 11.2. The predicted octanol–water partition coefficient (Wildman–Crippen LogP) is 4.94. The molecule has 0 bridgehead atoms. The first-order valence-electron chi connectivity index (χ1n) is 22.3. The Morgan fingerprint density at radius 2 is 1.50 bits per heavy atom. The van der Waals surface area contributed by atoms with Gasteiger partial charge in [0.25, 0.3) is 0 Å². The molecule has 0 aliphatic carbocycles. The van der Waals surface area contributed by atoms with Crippen LogP contribution in [-0.4, -0.2) is 95.6 Å². The van der Waals surface area contributed by atoms with E-state index < -0.39 is 36.0 Å². The predicted molar refractivity (Wildman–Crippen MR) is 234 cm³/mol. The Kier molecular flexibility index (Phi) is 20.2. The van der Waals surface area contributed by atoms with E-state index in [9.17, 15) is 24.0 Å². The average molecular weight is 831 g/mol. The molecule has 0 spiro atoms. The van der Waals surface area contributed by atoms with E-state index in [0.29, 0.717) is 77.1 Å². The molecule has 2 fully saturated rings. The second kappa shape index (κ2) is 25.5.